The van der Waals surface area contributed by atoms with E-state index in [0.717, 1.165) is 12.1 Å². The zero-order chi connectivity index (χ0) is 16.0. The summed E-state index contributed by atoms with van der Waals surface area (Å²) in [5, 5.41) is 13.7. The largest absolute Gasteiger partial charge is 0.393 e. The number of amides is 2. The van der Waals surface area contributed by atoms with Crippen molar-refractivity contribution >= 4 is 17.5 Å². The Labute approximate surface area is 121 Å². The Bertz CT molecular complexity index is 501. The molecule has 7 heteroatoms. The van der Waals surface area contributed by atoms with Gasteiger partial charge in [-0.25, -0.2) is 8.78 Å². The summed E-state index contributed by atoms with van der Waals surface area (Å²) in [4.78, 5) is 23.1. The van der Waals surface area contributed by atoms with Gasteiger partial charge >= 0.3 is 11.8 Å². The molecule has 0 spiro atoms. The first-order chi connectivity index (χ1) is 9.77. The molecule has 0 aliphatic heterocycles. The van der Waals surface area contributed by atoms with Gasteiger partial charge in [0.25, 0.3) is 0 Å². The zero-order valence-electron chi connectivity index (χ0n) is 11.8. The second kappa shape index (κ2) is 7.68. The van der Waals surface area contributed by atoms with E-state index < -0.39 is 29.6 Å². The highest BCUT2D eigenvalue weighted by atomic mass is 19.1. The number of nitrogens with one attached hydrogen (secondary N) is 2. The Morgan fingerprint density at radius 2 is 1.71 bits per heavy atom. The average molecular weight is 300 g/mol. The number of aliphatic hydroxyl groups is 1. The third-order valence-corrected chi connectivity index (χ3v) is 2.68. The van der Waals surface area contributed by atoms with Crippen LogP contribution in [0.1, 0.15) is 20.3 Å². The van der Waals surface area contributed by atoms with Crippen molar-refractivity contribution in [2.24, 2.45) is 5.92 Å². The molecule has 1 aromatic carbocycles. The van der Waals surface area contributed by atoms with Gasteiger partial charge in [-0.3, -0.25) is 9.59 Å². The number of anilines is 1. The topological polar surface area (TPSA) is 78.4 Å². The predicted molar refractivity (Wildman–Crippen MR) is 73.5 cm³/mol. The Kier molecular flexibility index (Phi) is 6.23. The van der Waals surface area contributed by atoms with Crippen molar-refractivity contribution in [1.29, 1.82) is 0 Å². The van der Waals surface area contributed by atoms with Gasteiger partial charge in [-0.1, -0.05) is 6.92 Å². The van der Waals surface area contributed by atoms with Crippen molar-refractivity contribution in [2.45, 2.75) is 26.4 Å². The standard InChI is InChI=1S/C14H18F2N2O3/c1-8(3-9(2)19)7-17-13(20)14(21)18-12-5-10(15)4-11(16)6-12/h4-6,8-9,19H,3,7H2,1-2H3,(H,17,20)(H,18,21). The molecule has 2 amide bonds. The van der Waals surface area contributed by atoms with Gasteiger partial charge in [0.2, 0.25) is 0 Å². The number of rotatable bonds is 5. The summed E-state index contributed by atoms with van der Waals surface area (Å²) in [6, 6.07) is 2.47. The van der Waals surface area contributed by atoms with E-state index in [4.69, 9.17) is 0 Å². The zero-order valence-corrected chi connectivity index (χ0v) is 11.8. The molecular formula is C14H18F2N2O3. The molecule has 0 saturated heterocycles. The number of hydrogen-bond acceptors (Lipinski definition) is 3. The van der Waals surface area contributed by atoms with Gasteiger partial charge in [-0.15, -0.1) is 0 Å². The number of benzene rings is 1. The van der Waals surface area contributed by atoms with E-state index in [2.05, 4.69) is 10.6 Å². The van der Waals surface area contributed by atoms with E-state index in [1.807, 2.05) is 6.92 Å². The third-order valence-electron chi connectivity index (χ3n) is 2.68. The van der Waals surface area contributed by atoms with E-state index in [0.29, 0.717) is 12.5 Å². The van der Waals surface area contributed by atoms with Crippen LogP contribution < -0.4 is 10.6 Å². The molecule has 116 valence electrons. The van der Waals surface area contributed by atoms with Crippen LogP contribution in [0.15, 0.2) is 18.2 Å². The van der Waals surface area contributed by atoms with Crippen LogP contribution in [0.5, 0.6) is 0 Å². The Morgan fingerprint density at radius 1 is 1.14 bits per heavy atom. The van der Waals surface area contributed by atoms with Gasteiger partial charge in [0.1, 0.15) is 11.6 Å². The molecule has 3 N–H and O–H groups in total. The van der Waals surface area contributed by atoms with Crippen molar-refractivity contribution in [3.8, 4) is 0 Å². The number of carbonyl (C=O) groups is 2. The normalized spacial score (nSPS) is 13.4. The fourth-order valence-electron chi connectivity index (χ4n) is 1.83. The number of aliphatic hydroxyl groups excluding tert-OH is 1. The molecule has 0 aromatic heterocycles. The quantitative estimate of drug-likeness (QED) is 0.720. The maximum atomic E-state index is 12.9. The summed E-state index contributed by atoms with van der Waals surface area (Å²) in [7, 11) is 0. The van der Waals surface area contributed by atoms with Crippen LogP contribution in [0.3, 0.4) is 0 Å². The van der Waals surface area contributed by atoms with Gasteiger partial charge in [-0.2, -0.15) is 0 Å². The summed E-state index contributed by atoms with van der Waals surface area (Å²) in [6.45, 7) is 3.66. The van der Waals surface area contributed by atoms with Crippen LogP contribution >= 0.6 is 0 Å². The SMILES string of the molecule is CC(O)CC(C)CNC(=O)C(=O)Nc1cc(F)cc(F)c1. The van der Waals surface area contributed by atoms with Gasteiger partial charge in [0, 0.05) is 18.3 Å². The molecule has 0 fully saturated rings. The highest BCUT2D eigenvalue weighted by Gasteiger charge is 2.16. The molecule has 0 bridgehead atoms. The Balaban J connectivity index is 2.49. The molecule has 0 heterocycles. The van der Waals surface area contributed by atoms with E-state index in [-0.39, 0.29) is 18.2 Å². The fraction of sp³-hybridized carbons (Fsp3) is 0.429. The summed E-state index contributed by atoms with van der Waals surface area (Å²) < 4.78 is 25.9. The first kappa shape index (κ1) is 17.0. The van der Waals surface area contributed by atoms with Gasteiger partial charge in [0.05, 0.1) is 6.10 Å². The summed E-state index contributed by atoms with van der Waals surface area (Å²) >= 11 is 0. The molecule has 2 unspecified atom stereocenters. The van der Waals surface area contributed by atoms with E-state index >= 15 is 0 Å². The second-order valence-electron chi connectivity index (χ2n) is 5.01. The fourth-order valence-corrected chi connectivity index (χ4v) is 1.83. The lowest BCUT2D eigenvalue weighted by Gasteiger charge is -2.14. The first-order valence-corrected chi connectivity index (χ1v) is 6.51. The molecular weight excluding hydrogens is 282 g/mol. The van der Waals surface area contributed by atoms with E-state index in [1.54, 1.807) is 6.92 Å². The second-order valence-corrected chi connectivity index (χ2v) is 5.01. The van der Waals surface area contributed by atoms with Crippen molar-refractivity contribution in [2.75, 3.05) is 11.9 Å². The predicted octanol–water partition coefficient (Wildman–Crippen LogP) is 1.43. The molecule has 5 nitrogen and oxygen atoms in total. The number of hydrogen-bond donors (Lipinski definition) is 3. The van der Waals surface area contributed by atoms with Crippen LogP contribution in [0.25, 0.3) is 0 Å². The lowest BCUT2D eigenvalue weighted by Crippen LogP contribution is -2.38. The lowest BCUT2D eigenvalue weighted by molar-refractivity contribution is -0.136. The van der Waals surface area contributed by atoms with Gasteiger partial charge in [-0.05, 0) is 31.4 Å². The summed E-state index contributed by atoms with van der Waals surface area (Å²) in [5.74, 6) is -3.62. The van der Waals surface area contributed by atoms with Gasteiger partial charge < -0.3 is 15.7 Å². The van der Waals surface area contributed by atoms with E-state index in [1.165, 1.54) is 0 Å². The molecule has 1 rings (SSSR count). The van der Waals surface area contributed by atoms with Crippen molar-refractivity contribution < 1.29 is 23.5 Å². The van der Waals surface area contributed by atoms with Crippen molar-refractivity contribution in [3.05, 3.63) is 29.8 Å². The summed E-state index contributed by atoms with van der Waals surface area (Å²) in [5.41, 5.74) is -0.135. The minimum atomic E-state index is -1.01. The molecule has 2 atom stereocenters. The smallest absolute Gasteiger partial charge is 0.313 e. The number of halogens is 2. The highest BCUT2D eigenvalue weighted by molar-refractivity contribution is 6.39. The minimum absolute atomic E-state index is 0.00614. The van der Waals surface area contributed by atoms with E-state index in [9.17, 15) is 23.5 Å². The third kappa shape index (κ3) is 6.31. The van der Waals surface area contributed by atoms with Crippen LogP contribution in [-0.2, 0) is 9.59 Å². The Morgan fingerprint density at radius 3 is 2.24 bits per heavy atom. The van der Waals surface area contributed by atoms with Crippen LogP contribution in [0.4, 0.5) is 14.5 Å². The van der Waals surface area contributed by atoms with Crippen LogP contribution in [0.2, 0.25) is 0 Å². The minimum Gasteiger partial charge on any atom is -0.393 e. The molecule has 21 heavy (non-hydrogen) atoms. The molecule has 0 aliphatic rings. The summed E-state index contributed by atoms with van der Waals surface area (Å²) in [6.07, 6.45) is -0.0159. The highest BCUT2D eigenvalue weighted by Crippen LogP contribution is 2.12. The van der Waals surface area contributed by atoms with Crippen LogP contribution in [-0.4, -0.2) is 29.6 Å². The molecule has 1 aromatic rings. The van der Waals surface area contributed by atoms with Crippen molar-refractivity contribution in [3.63, 3.8) is 0 Å². The lowest BCUT2D eigenvalue weighted by atomic mass is 10.0. The maximum Gasteiger partial charge on any atom is 0.313 e. The van der Waals surface area contributed by atoms with Crippen molar-refractivity contribution in [1.82, 2.24) is 5.32 Å². The Hall–Kier alpha value is -2.02. The monoisotopic (exact) mass is 300 g/mol. The first-order valence-electron chi connectivity index (χ1n) is 6.51. The number of carbonyl (C=O) groups excluding carboxylic acids is 2. The average Bonchev–Trinajstić information content (AvgIpc) is 2.33. The maximum absolute atomic E-state index is 12.9. The molecule has 0 aliphatic carbocycles. The molecule has 0 radical (unpaired) electrons. The van der Waals surface area contributed by atoms with Gasteiger partial charge in [0.15, 0.2) is 0 Å². The molecule has 0 saturated carbocycles. The van der Waals surface area contributed by atoms with Crippen LogP contribution in [0, 0.1) is 17.6 Å².